The predicted molar refractivity (Wildman–Crippen MR) is 55.2 cm³/mol. The molecule has 0 heterocycles. The van der Waals surface area contributed by atoms with Crippen molar-refractivity contribution in [1.82, 2.24) is 4.90 Å². The smallest absolute Gasteiger partial charge is 0.410 e. The van der Waals surface area contributed by atoms with Crippen LogP contribution in [0.15, 0.2) is 0 Å². The van der Waals surface area contributed by atoms with Gasteiger partial charge in [0.1, 0.15) is 0 Å². The molecule has 14 heavy (non-hydrogen) atoms. The van der Waals surface area contributed by atoms with E-state index in [1.54, 1.807) is 4.90 Å². The summed E-state index contributed by atoms with van der Waals surface area (Å²) < 4.78 is 5.04. The van der Waals surface area contributed by atoms with Gasteiger partial charge in [-0.1, -0.05) is 13.3 Å². The topological polar surface area (TPSA) is 49.8 Å². The highest BCUT2D eigenvalue weighted by Gasteiger charge is 2.14. The van der Waals surface area contributed by atoms with E-state index in [9.17, 15) is 4.79 Å². The lowest BCUT2D eigenvalue weighted by atomic mass is 10.3. The molecule has 0 spiro atoms. The first-order valence-corrected chi connectivity index (χ1v) is 5.18. The molecule has 0 aliphatic carbocycles. The summed E-state index contributed by atoms with van der Waals surface area (Å²) in [5.74, 6) is 0. The molecule has 4 heteroatoms. The lowest BCUT2D eigenvalue weighted by Gasteiger charge is -2.22. The number of amides is 1. The zero-order valence-electron chi connectivity index (χ0n) is 9.32. The van der Waals surface area contributed by atoms with E-state index in [1.807, 2.05) is 13.8 Å². The van der Waals surface area contributed by atoms with Gasteiger partial charge >= 0.3 is 6.09 Å². The molecule has 4 nitrogen and oxygen atoms in total. The lowest BCUT2D eigenvalue weighted by molar-refractivity contribution is 0.0704. The molecule has 0 radical (unpaired) electrons. The molecule has 84 valence electrons. The second kappa shape index (κ2) is 7.62. The number of rotatable bonds is 6. The number of unbranched alkanes of at least 4 members (excludes halogenated alkanes) is 1. The Hall–Kier alpha value is -0.770. The van der Waals surface area contributed by atoms with Gasteiger partial charge in [0.25, 0.3) is 0 Å². The number of aliphatic hydroxyl groups excluding tert-OH is 1. The Kier molecular flexibility index (Phi) is 7.20. The van der Waals surface area contributed by atoms with Crippen LogP contribution in [0.25, 0.3) is 0 Å². The summed E-state index contributed by atoms with van der Waals surface area (Å²) in [4.78, 5) is 13.0. The summed E-state index contributed by atoms with van der Waals surface area (Å²) in [6.45, 7) is 6.68. The van der Waals surface area contributed by atoms with Crippen LogP contribution in [0.3, 0.4) is 0 Å². The fourth-order valence-corrected chi connectivity index (χ4v) is 1.04. The van der Waals surface area contributed by atoms with E-state index in [0.717, 1.165) is 12.8 Å². The van der Waals surface area contributed by atoms with E-state index in [0.29, 0.717) is 13.1 Å². The van der Waals surface area contributed by atoms with Gasteiger partial charge in [-0.3, -0.25) is 0 Å². The molecule has 1 N–H and O–H groups in total. The molecule has 0 unspecified atom stereocenters. The monoisotopic (exact) mass is 203 g/mol. The summed E-state index contributed by atoms with van der Waals surface area (Å²) in [7, 11) is 0. The third kappa shape index (κ3) is 5.80. The first-order chi connectivity index (χ1) is 6.61. The maximum absolute atomic E-state index is 11.4. The minimum atomic E-state index is -0.331. The highest BCUT2D eigenvalue weighted by atomic mass is 16.6. The van der Waals surface area contributed by atoms with Gasteiger partial charge in [-0.2, -0.15) is 0 Å². The minimum absolute atomic E-state index is 0.0170. The van der Waals surface area contributed by atoms with Gasteiger partial charge in [-0.25, -0.2) is 4.79 Å². The van der Waals surface area contributed by atoms with Crippen LogP contribution >= 0.6 is 0 Å². The number of hydrogen-bond donors (Lipinski definition) is 1. The Morgan fingerprint density at radius 3 is 2.50 bits per heavy atom. The number of hydrogen-bond acceptors (Lipinski definition) is 3. The van der Waals surface area contributed by atoms with Gasteiger partial charge in [-0.15, -0.1) is 0 Å². The predicted octanol–water partition coefficient (Wildman–Crippen LogP) is 1.63. The molecule has 0 saturated carbocycles. The second-order valence-corrected chi connectivity index (χ2v) is 3.50. The number of carbonyl (C=O) groups excluding carboxylic acids is 1. The summed E-state index contributed by atoms with van der Waals surface area (Å²) >= 11 is 0. The van der Waals surface area contributed by atoms with Crippen molar-refractivity contribution in [2.75, 3.05) is 19.7 Å². The van der Waals surface area contributed by atoms with Gasteiger partial charge in [0, 0.05) is 13.1 Å². The van der Waals surface area contributed by atoms with Crippen molar-refractivity contribution in [1.29, 1.82) is 0 Å². The Morgan fingerprint density at radius 2 is 2.07 bits per heavy atom. The number of nitrogens with zero attached hydrogens (tertiary/aromatic N) is 1. The zero-order chi connectivity index (χ0) is 11.0. The van der Waals surface area contributed by atoms with Crippen LogP contribution in [0.4, 0.5) is 4.79 Å². The zero-order valence-corrected chi connectivity index (χ0v) is 9.32. The van der Waals surface area contributed by atoms with E-state index in [-0.39, 0.29) is 18.8 Å². The first-order valence-electron chi connectivity index (χ1n) is 5.18. The van der Waals surface area contributed by atoms with Gasteiger partial charge in [0.15, 0.2) is 0 Å². The maximum atomic E-state index is 11.4. The standard InChI is InChI=1S/C10H21NO3/c1-4-5-6-11(7-8-12)10(13)14-9(2)3/h9,12H,4-8H2,1-3H3. The van der Waals surface area contributed by atoms with Crippen molar-refractivity contribution < 1.29 is 14.6 Å². The summed E-state index contributed by atoms with van der Waals surface area (Å²) in [5, 5.41) is 8.77. The Balaban J connectivity index is 3.97. The summed E-state index contributed by atoms with van der Waals surface area (Å²) in [6, 6.07) is 0. The largest absolute Gasteiger partial charge is 0.447 e. The molecule has 0 bridgehead atoms. The Labute approximate surface area is 85.9 Å². The SMILES string of the molecule is CCCCN(CCO)C(=O)OC(C)C. The molecule has 0 aliphatic heterocycles. The van der Waals surface area contributed by atoms with Crippen molar-refractivity contribution in [3.8, 4) is 0 Å². The average molecular weight is 203 g/mol. The molecular weight excluding hydrogens is 182 g/mol. The number of carbonyl (C=O) groups is 1. The van der Waals surface area contributed by atoms with Gasteiger partial charge in [0.05, 0.1) is 12.7 Å². The van der Waals surface area contributed by atoms with Gasteiger partial charge in [0.2, 0.25) is 0 Å². The molecule has 0 fully saturated rings. The molecule has 0 aromatic heterocycles. The minimum Gasteiger partial charge on any atom is -0.447 e. The van der Waals surface area contributed by atoms with Crippen LogP contribution in [0.2, 0.25) is 0 Å². The summed E-state index contributed by atoms with van der Waals surface area (Å²) in [6.07, 6.45) is 1.53. The molecule has 0 rings (SSSR count). The molecule has 0 aromatic carbocycles. The fourth-order valence-electron chi connectivity index (χ4n) is 1.04. The van der Waals surface area contributed by atoms with Crippen LogP contribution in [-0.4, -0.2) is 41.9 Å². The van der Waals surface area contributed by atoms with Crippen LogP contribution in [0, 0.1) is 0 Å². The van der Waals surface area contributed by atoms with Crippen LogP contribution in [0.1, 0.15) is 33.6 Å². The van der Waals surface area contributed by atoms with Crippen molar-refractivity contribution in [2.24, 2.45) is 0 Å². The third-order valence-electron chi connectivity index (χ3n) is 1.75. The van der Waals surface area contributed by atoms with E-state index in [2.05, 4.69) is 6.92 Å². The van der Waals surface area contributed by atoms with Crippen molar-refractivity contribution in [3.05, 3.63) is 0 Å². The van der Waals surface area contributed by atoms with Crippen molar-refractivity contribution in [2.45, 2.75) is 39.7 Å². The van der Waals surface area contributed by atoms with Gasteiger partial charge in [-0.05, 0) is 20.3 Å². The van der Waals surface area contributed by atoms with Crippen LogP contribution in [-0.2, 0) is 4.74 Å². The van der Waals surface area contributed by atoms with E-state index >= 15 is 0 Å². The lowest BCUT2D eigenvalue weighted by Crippen LogP contribution is -2.36. The van der Waals surface area contributed by atoms with E-state index in [4.69, 9.17) is 9.84 Å². The molecule has 0 aromatic rings. The first kappa shape index (κ1) is 13.2. The number of aliphatic hydroxyl groups is 1. The van der Waals surface area contributed by atoms with E-state index < -0.39 is 0 Å². The maximum Gasteiger partial charge on any atom is 0.410 e. The molecule has 1 amide bonds. The number of ether oxygens (including phenoxy) is 1. The van der Waals surface area contributed by atoms with Crippen LogP contribution in [0.5, 0.6) is 0 Å². The second-order valence-electron chi connectivity index (χ2n) is 3.50. The molecule has 0 atom stereocenters. The average Bonchev–Trinajstić information content (AvgIpc) is 2.10. The van der Waals surface area contributed by atoms with E-state index in [1.165, 1.54) is 0 Å². The third-order valence-corrected chi connectivity index (χ3v) is 1.75. The quantitative estimate of drug-likeness (QED) is 0.713. The van der Waals surface area contributed by atoms with Crippen LogP contribution < -0.4 is 0 Å². The van der Waals surface area contributed by atoms with Crippen molar-refractivity contribution >= 4 is 6.09 Å². The molecule has 0 saturated heterocycles. The van der Waals surface area contributed by atoms with Crippen molar-refractivity contribution in [3.63, 3.8) is 0 Å². The Bertz CT molecular complexity index is 159. The normalized spacial score (nSPS) is 10.4. The summed E-state index contributed by atoms with van der Waals surface area (Å²) in [5.41, 5.74) is 0. The molecule has 0 aliphatic rings. The highest BCUT2D eigenvalue weighted by Crippen LogP contribution is 2.00. The van der Waals surface area contributed by atoms with Gasteiger partial charge < -0.3 is 14.7 Å². The highest BCUT2D eigenvalue weighted by molar-refractivity contribution is 5.67. The molecular formula is C10H21NO3. The fraction of sp³-hybridized carbons (Fsp3) is 0.900. The Morgan fingerprint density at radius 1 is 1.43 bits per heavy atom.